The summed E-state index contributed by atoms with van der Waals surface area (Å²) in [7, 11) is -2.78. The van der Waals surface area contributed by atoms with E-state index in [0.717, 1.165) is 35.4 Å². The Morgan fingerprint density at radius 3 is 2.53 bits per heavy atom. The Balaban J connectivity index is 1.52. The van der Waals surface area contributed by atoms with Crippen molar-refractivity contribution in [2.24, 2.45) is 0 Å². The maximum absolute atomic E-state index is 12.6. The molecule has 0 aliphatic carbocycles. The van der Waals surface area contributed by atoms with Crippen molar-refractivity contribution in [1.29, 1.82) is 0 Å². The van der Waals surface area contributed by atoms with Gasteiger partial charge in [0.15, 0.2) is 0 Å². The molecule has 1 aliphatic rings. The van der Waals surface area contributed by atoms with Gasteiger partial charge in [0.1, 0.15) is 5.82 Å². The molecule has 10 heteroatoms. The first-order chi connectivity index (χ1) is 16.6. The Labute approximate surface area is 197 Å². The molecule has 1 saturated heterocycles. The summed E-state index contributed by atoms with van der Waals surface area (Å²) in [5, 5.41) is 4.45. The standard InChI is InChI=1S/C24H23N5O4S/c30-24-22-17(8-9-25-24)15-21(16-2-1-3-19(14-16)28-34(31)32)27-23(22)26-18-4-6-20(7-5-18)29-10-12-33-13-11-29/h1-9,14-15,34H,10-13H2,(H,25,30)(H,26,27)(H,28,31,32). The van der Waals surface area contributed by atoms with Gasteiger partial charge in [-0.1, -0.05) is 12.1 Å². The molecular weight excluding hydrogens is 454 g/mol. The topological polar surface area (TPSA) is 116 Å². The lowest BCUT2D eigenvalue weighted by atomic mass is 10.1. The number of morpholine rings is 1. The van der Waals surface area contributed by atoms with Crippen molar-refractivity contribution in [3.8, 4) is 11.3 Å². The lowest BCUT2D eigenvalue weighted by molar-refractivity contribution is 0.122. The summed E-state index contributed by atoms with van der Waals surface area (Å²) in [5.41, 5.74) is 3.42. The number of thiol groups is 1. The number of H-pyrrole nitrogens is 1. The molecule has 0 amide bonds. The minimum Gasteiger partial charge on any atom is -0.378 e. The van der Waals surface area contributed by atoms with E-state index in [-0.39, 0.29) is 5.56 Å². The van der Waals surface area contributed by atoms with Crippen LogP contribution in [0.4, 0.5) is 22.9 Å². The summed E-state index contributed by atoms with van der Waals surface area (Å²) in [6, 6.07) is 18.5. The molecule has 0 atom stereocenters. The zero-order valence-electron chi connectivity index (χ0n) is 18.2. The summed E-state index contributed by atoms with van der Waals surface area (Å²) in [6.45, 7) is 3.14. The predicted molar refractivity (Wildman–Crippen MR) is 134 cm³/mol. The van der Waals surface area contributed by atoms with Crippen molar-refractivity contribution in [1.82, 2.24) is 9.97 Å². The minimum atomic E-state index is -2.78. The molecule has 4 aromatic rings. The quantitative estimate of drug-likeness (QED) is 0.315. The molecule has 0 unspecified atom stereocenters. The van der Waals surface area contributed by atoms with E-state index in [1.54, 1.807) is 24.4 Å². The molecule has 174 valence electrons. The van der Waals surface area contributed by atoms with Gasteiger partial charge in [-0.05, 0) is 53.9 Å². The number of hydrogen-bond donors (Lipinski definition) is 4. The third-order valence-electron chi connectivity index (χ3n) is 5.64. The third kappa shape index (κ3) is 4.73. The second-order valence-corrected chi connectivity index (χ2v) is 8.59. The van der Waals surface area contributed by atoms with Crippen molar-refractivity contribution in [3.63, 3.8) is 0 Å². The molecule has 3 N–H and O–H groups in total. The molecule has 1 aliphatic heterocycles. The van der Waals surface area contributed by atoms with Gasteiger partial charge >= 0.3 is 0 Å². The number of hydrogen-bond acceptors (Lipinski definition) is 7. The van der Waals surface area contributed by atoms with Gasteiger partial charge in [-0.15, -0.1) is 0 Å². The monoisotopic (exact) mass is 477 g/mol. The van der Waals surface area contributed by atoms with E-state index in [0.29, 0.717) is 35.8 Å². The average Bonchev–Trinajstić information content (AvgIpc) is 2.85. The minimum absolute atomic E-state index is 0.247. The largest absolute Gasteiger partial charge is 0.378 e. The number of anilines is 4. The van der Waals surface area contributed by atoms with Crippen LogP contribution in [0.3, 0.4) is 0 Å². The molecule has 9 nitrogen and oxygen atoms in total. The van der Waals surface area contributed by atoms with Crippen LogP contribution >= 0.6 is 0 Å². The average molecular weight is 478 g/mol. The number of benzene rings is 2. The van der Waals surface area contributed by atoms with Crippen molar-refractivity contribution >= 4 is 44.5 Å². The number of nitrogens with zero attached hydrogens (tertiary/aromatic N) is 2. The van der Waals surface area contributed by atoms with Gasteiger partial charge in [-0.3, -0.25) is 9.52 Å². The second-order valence-electron chi connectivity index (χ2n) is 7.85. The van der Waals surface area contributed by atoms with Gasteiger partial charge < -0.3 is 19.9 Å². The second kappa shape index (κ2) is 9.54. The van der Waals surface area contributed by atoms with Crippen LogP contribution < -0.4 is 20.5 Å². The van der Waals surface area contributed by atoms with Crippen LogP contribution in [0, 0.1) is 0 Å². The van der Waals surface area contributed by atoms with E-state index < -0.39 is 10.9 Å². The molecule has 2 aromatic carbocycles. The highest BCUT2D eigenvalue weighted by atomic mass is 32.2. The van der Waals surface area contributed by atoms with Crippen LogP contribution in [0.25, 0.3) is 22.0 Å². The molecule has 0 spiro atoms. The van der Waals surface area contributed by atoms with Crippen LogP contribution in [0.2, 0.25) is 0 Å². The van der Waals surface area contributed by atoms with E-state index in [2.05, 4.69) is 19.9 Å². The fourth-order valence-corrected chi connectivity index (χ4v) is 4.37. The predicted octanol–water partition coefficient (Wildman–Crippen LogP) is 3.11. The van der Waals surface area contributed by atoms with Crippen LogP contribution in [0.15, 0.2) is 71.7 Å². The van der Waals surface area contributed by atoms with Crippen molar-refractivity contribution in [2.45, 2.75) is 0 Å². The fourth-order valence-electron chi connectivity index (χ4n) is 4.02. The van der Waals surface area contributed by atoms with Crippen LogP contribution in [-0.4, -0.2) is 44.7 Å². The van der Waals surface area contributed by atoms with Crippen molar-refractivity contribution in [2.75, 3.05) is 41.2 Å². The highest BCUT2D eigenvalue weighted by Crippen LogP contribution is 2.29. The maximum atomic E-state index is 12.6. The molecule has 0 radical (unpaired) electrons. The molecule has 0 saturated carbocycles. The molecule has 2 aromatic heterocycles. The van der Waals surface area contributed by atoms with E-state index in [9.17, 15) is 13.2 Å². The Hall–Kier alpha value is -3.89. The first-order valence-electron chi connectivity index (χ1n) is 10.8. The summed E-state index contributed by atoms with van der Waals surface area (Å²) >= 11 is 0. The number of aromatic amines is 1. The smallest absolute Gasteiger partial charge is 0.259 e. The Morgan fingerprint density at radius 1 is 0.971 bits per heavy atom. The van der Waals surface area contributed by atoms with Crippen LogP contribution in [-0.2, 0) is 15.6 Å². The van der Waals surface area contributed by atoms with Gasteiger partial charge in [-0.2, -0.15) is 0 Å². The normalized spacial score (nSPS) is 13.9. The SMILES string of the molecule is O=c1[nH]ccc2cc(-c3cccc(N[SH](=O)=O)c3)nc(Nc3ccc(N4CCOCC4)cc3)c12. The molecule has 0 bridgehead atoms. The highest BCUT2D eigenvalue weighted by Gasteiger charge is 2.14. The fraction of sp³-hybridized carbons (Fsp3) is 0.167. The van der Waals surface area contributed by atoms with Crippen molar-refractivity contribution < 1.29 is 13.2 Å². The van der Waals surface area contributed by atoms with Crippen molar-refractivity contribution in [3.05, 3.63) is 77.2 Å². The lowest BCUT2D eigenvalue weighted by Crippen LogP contribution is -2.36. The Bertz CT molecular complexity index is 1450. The Kier molecular flexibility index (Phi) is 6.15. The summed E-state index contributed by atoms with van der Waals surface area (Å²) in [6.07, 6.45) is 1.59. The number of nitrogens with one attached hydrogen (secondary N) is 3. The molecule has 1 fully saturated rings. The first kappa shape index (κ1) is 21.9. The number of aromatic nitrogens is 2. The molecule has 5 rings (SSSR count). The summed E-state index contributed by atoms with van der Waals surface area (Å²) < 4.78 is 29.9. The van der Waals surface area contributed by atoms with Gasteiger partial charge in [0.05, 0.1) is 24.3 Å². The summed E-state index contributed by atoms with van der Waals surface area (Å²) in [4.78, 5) is 22.3. The van der Waals surface area contributed by atoms with E-state index >= 15 is 0 Å². The number of ether oxygens (including phenoxy) is 1. The number of pyridine rings is 2. The molecule has 3 heterocycles. The van der Waals surface area contributed by atoms with Gasteiger partial charge in [0, 0.05) is 41.9 Å². The summed E-state index contributed by atoms with van der Waals surface area (Å²) in [5.74, 6) is 0.418. The van der Waals surface area contributed by atoms with Gasteiger partial charge in [-0.25, -0.2) is 13.4 Å². The zero-order valence-corrected chi connectivity index (χ0v) is 19.0. The number of rotatable bonds is 6. The third-order valence-corrected chi connectivity index (χ3v) is 6.08. The van der Waals surface area contributed by atoms with E-state index in [1.807, 2.05) is 42.5 Å². The first-order valence-corrected chi connectivity index (χ1v) is 12.0. The Morgan fingerprint density at radius 2 is 1.76 bits per heavy atom. The lowest BCUT2D eigenvalue weighted by Gasteiger charge is -2.28. The van der Waals surface area contributed by atoms with Crippen LogP contribution in [0.5, 0.6) is 0 Å². The molecule has 34 heavy (non-hydrogen) atoms. The zero-order chi connectivity index (χ0) is 23.5. The maximum Gasteiger partial charge on any atom is 0.259 e. The van der Waals surface area contributed by atoms with Gasteiger partial charge in [0.2, 0.25) is 10.9 Å². The molecular formula is C24H23N5O4S. The highest BCUT2D eigenvalue weighted by molar-refractivity contribution is 7.73. The van der Waals surface area contributed by atoms with Crippen LogP contribution in [0.1, 0.15) is 0 Å². The van der Waals surface area contributed by atoms with E-state index in [4.69, 9.17) is 9.72 Å². The number of fused-ring (bicyclic) bond motifs is 1. The van der Waals surface area contributed by atoms with E-state index in [1.165, 1.54) is 0 Å². The van der Waals surface area contributed by atoms with Gasteiger partial charge in [0.25, 0.3) is 5.56 Å².